The SMILES string of the molecule is O=c1[nH]c(NCCc2ccccc2)nc2nccc(-c3ccc(-c4ccccc4)cc3)c12. The van der Waals surface area contributed by atoms with Crippen LogP contribution in [0.15, 0.2) is 102 Å². The van der Waals surface area contributed by atoms with Crippen LogP contribution in [-0.4, -0.2) is 21.5 Å². The number of hydrogen-bond donors (Lipinski definition) is 2. The monoisotopic (exact) mass is 418 g/mol. The third-order valence-electron chi connectivity index (χ3n) is 5.46. The molecule has 32 heavy (non-hydrogen) atoms. The molecule has 0 amide bonds. The van der Waals surface area contributed by atoms with E-state index < -0.39 is 0 Å². The largest absolute Gasteiger partial charge is 0.355 e. The molecule has 0 unspecified atom stereocenters. The van der Waals surface area contributed by atoms with Gasteiger partial charge in [0.15, 0.2) is 5.65 Å². The van der Waals surface area contributed by atoms with Crippen LogP contribution in [0.5, 0.6) is 0 Å². The highest BCUT2D eigenvalue weighted by atomic mass is 16.1. The van der Waals surface area contributed by atoms with Crippen molar-refractivity contribution in [2.24, 2.45) is 0 Å². The predicted molar refractivity (Wildman–Crippen MR) is 130 cm³/mol. The van der Waals surface area contributed by atoms with Gasteiger partial charge in [0.1, 0.15) is 0 Å². The predicted octanol–water partition coefficient (Wildman–Crippen LogP) is 5.31. The Labute approximate surface area is 185 Å². The quantitative estimate of drug-likeness (QED) is 0.392. The number of aromatic amines is 1. The number of H-pyrrole nitrogens is 1. The van der Waals surface area contributed by atoms with Crippen LogP contribution in [0.3, 0.4) is 0 Å². The van der Waals surface area contributed by atoms with E-state index in [0.717, 1.165) is 28.7 Å². The zero-order valence-electron chi connectivity index (χ0n) is 17.5. The lowest BCUT2D eigenvalue weighted by atomic mass is 9.99. The maximum atomic E-state index is 12.9. The number of rotatable bonds is 6. The van der Waals surface area contributed by atoms with Crippen LogP contribution in [0, 0.1) is 0 Å². The van der Waals surface area contributed by atoms with E-state index >= 15 is 0 Å². The Balaban J connectivity index is 1.42. The molecule has 0 radical (unpaired) electrons. The van der Waals surface area contributed by atoms with Gasteiger partial charge in [-0.3, -0.25) is 9.78 Å². The van der Waals surface area contributed by atoms with E-state index in [4.69, 9.17) is 0 Å². The highest BCUT2D eigenvalue weighted by Gasteiger charge is 2.11. The van der Waals surface area contributed by atoms with Crippen molar-refractivity contribution in [1.82, 2.24) is 15.0 Å². The molecule has 5 nitrogen and oxygen atoms in total. The van der Waals surface area contributed by atoms with E-state index in [1.165, 1.54) is 5.56 Å². The first-order valence-electron chi connectivity index (χ1n) is 10.6. The number of nitrogens with zero attached hydrogens (tertiary/aromatic N) is 2. The molecule has 0 aliphatic rings. The van der Waals surface area contributed by atoms with Crippen molar-refractivity contribution in [3.05, 3.63) is 113 Å². The summed E-state index contributed by atoms with van der Waals surface area (Å²) in [5.41, 5.74) is 5.51. The molecule has 5 aromatic rings. The number of anilines is 1. The van der Waals surface area contributed by atoms with Crippen molar-refractivity contribution in [3.63, 3.8) is 0 Å². The first-order chi connectivity index (χ1) is 15.8. The highest BCUT2D eigenvalue weighted by molar-refractivity contribution is 5.92. The summed E-state index contributed by atoms with van der Waals surface area (Å²) in [6, 6.07) is 30.5. The Hall–Kier alpha value is -4.25. The second-order valence-electron chi connectivity index (χ2n) is 7.58. The summed E-state index contributed by atoms with van der Waals surface area (Å²) in [7, 11) is 0. The van der Waals surface area contributed by atoms with Crippen LogP contribution in [-0.2, 0) is 6.42 Å². The van der Waals surface area contributed by atoms with E-state index in [2.05, 4.69) is 56.7 Å². The first-order valence-corrected chi connectivity index (χ1v) is 10.6. The molecular weight excluding hydrogens is 396 g/mol. The Morgan fingerprint density at radius 3 is 2.16 bits per heavy atom. The van der Waals surface area contributed by atoms with Gasteiger partial charge in [-0.25, -0.2) is 4.98 Å². The molecule has 3 aromatic carbocycles. The van der Waals surface area contributed by atoms with E-state index in [1.54, 1.807) is 6.20 Å². The van der Waals surface area contributed by atoms with Crippen molar-refractivity contribution >= 4 is 17.0 Å². The second kappa shape index (κ2) is 8.86. The fraction of sp³-hybridized carbons (Fsp3) is 0.0741. The molecular formula is C27H22N4O. The zero-order chi connectivity index (χ0) is 21.8. The molecule has 2 heterocycles. The van der Waals surface area contributed by atoms with Gasteiger partial charge in [-0.15, -0.1) is 0 Å². The molecule has 0 bridgehead atoms. The summed E-state index contributed by atoms with van der Waals surface area (Å²) < 4.78 is 0. The fourth-order valence-electron chi connectivity index (χ4n) is 3.83. The smallest absolute Gasteiger partial charge is 0.262 e. The second-order valence-corrected chi connectivity index (χ2v) is 7.58. The summed E-state index contributed by atoms with van der Waals surface area (Å²) in [5, 5.41) is 3.70. The molecule has 5 rings (SSSR count). The molecule has 2 N–H and O–H groups in total. The Kier molecular flexibility index (Phi) is 5.45. The maximum absolute atomic E-state index is 12.9. The van der Waals surface area contributed by atoms with Crippen LogP contribution in [0.25, 0.3) is 33.3 Å². The minimum Gasteiger partial charge on any atom is -0.355 e. The number of benzene rings is 3. The Morgan fingerprint density at radius 1 is 0.750 bits per heavy atom. The van der Waals surface area contributed by atoms with Crippen LogP contribution in [0.2, 0.25) is 0 Å². The van der Waals surface area contributed by atoms with E-state index in [-0.39, 0.29) is 5.56 Å². The molecule has 156 valence electrons. The number of nitrogens with one attached hydrogen (secondary N) is 2. The third kappa shape index (κ3) is 4.14. The molecule has 0 fully saturated rings. The minimum absolute atomic E-state index is 0.201. The minimum atomic E-state index is -0.201. The summed E-state index contributed by atoms with van der Waals surface area (Å²) in [4.78, 5) is 24.7. The topological polar surface area (TPSA) is 70.7 Å². The summed E-state index contributed by atoms with van der Waals surface area (Å²) in [6.45, 7) is 0.666. The summed E-state index contributed by atoms with van der Waals surface area (Å²) in [6.07, 6.45) is 2.53. The number of pyridine rings is 1. The van der Waals surface area contributed by atoms with Gasteiger partial charge in [0.25, 0.3) is 5.56 Å². The van der Waals surface area contributed by atoms with Crippen LogP contribution >= 0.6 is 0 Å². The molecule has 0 saturated carbocycles. The molecule has 0 saturated heterocycles. The third-order valence-corrected chi connectivity index (χ3v) is 5.46. The normalized spacial score (nSPS) is 10.9. The number of fused-ring (bicyclic) bond motifs is 1. The van der Waals surface area contributed by atoms with Gasteiger partial charge >= 0.3 is 0 Å². The lowest BCUT2D eigenvalue weighted by Gasteiger charge is -2.09. The van der Waals surface area contributed by atoms with E-state index in [9.17, 15) is 4.79 Å². The van der Waals surface area contributed by atoms with Gasteiger partial charge in [-0.05, 0) is 40.3 Å². The molecule has 0 spiro atoms. The van der Waals surface area contributed by atoms with Gasteiger partial charge in [-0.2, -0.15) is 4.98 Å². The average Bonchev–Trinajstić information content (AvgIpc) is 2.85. The fourth-order valence-corrected chi connectivity index (χ4v) is 3.83. The van der Waals surface area contributed by atoms with Gasteiger partial charge in [0.05, 0.1) is 5.39 Å². The molecule has 0 aliphatic heterocycles. The van der Waals surface area contributed by atoms with E-state index in [1.807, 2.05) is 54.6 Å². The highest BCUT2D eigenvalue weighted by Crippen LogP contribution is 2.27. The van der Waals surface area contributed by atoms with Crippen LogP contribution in [0.1, 0.15) is 5.56 Å². The molecule has 0 aliphatic carbocycles. The van der Waals surface area contributed by atoms with E-state index in [0.29, 0.717) is 23.5 Å². The van der Waals surface area contributed by atoms with Crippen molar-refractivity contribution < 1.29 is 0 Å². The molecule has 0 atom stereocenters. The lowest BCUT2D eigenvalue weighted by molar-refractivity contribution is 0.982. The Bertz CT molecular complexity index is 1400. The summed E-state index contributed by atoms with van der Waals surface area (Å²) >= 11 is 0. The van der Waals surface area contributed by atoms with Gasteiger partial charge in [0.2, 0.25) is 5.95 Å². The maximum Gasteiger partial charge on any atom is 0.262 e. The van der Waals surface area contributed by atoms with Crippen LogP contribution in [0.4, 0.5) is 5.95 Å². The molecule has 5 heteroatoms. The van der Waals surface area contributed by atoms with Gasteiger partial charge in [0, 0.05) is 12.7 Å². The first kappa shape index (κ1) is 19.7. The number of aromatic nitrogens is 3. The zero-order valence-corrected chi connectivity index (χ0v) is 17.5. The van der Waals surface area contributed by atoms with Gasteiger partial charge in [-0.1, -0.05) is 84.9 Å². The lowest BCUT2D eigenvalue weighted by Crippen LogP contribution is -2.16. The number of hydrogen-bond acceptors (Lipinski definition) is 4. The van der Waals surface area contributed by atoms with Crippen molar-refractivity contribution in [2.45, 2.75) is 6.42 Å². The standard InChI is InChI=1S/C27H22N4O/c32-26-24-23(22-13-11-21(12-14-22)20-9-5-2-6-10-20)16-18-28-25(24)30-27(31-26)29-17-15-19-7-3-1-4-8-19/h1-14,16,18H,15,17H2,(H2,28,29,30,31,32). The Morgan fingerprint density at radius 2 is 1.41 bits per heavy atom. The van der Waals surface area contributed by atoms with Crippen LogP contribution < -0.4 is 10.9 Å². The van der Waals surface area contributed by atoms with Gasteiger partial charge < -0.3 is 5.32 Å². The average molecular weight is 419 g/mol. The molecule has 2 aromatic heterocycles. The van der Waals surface area contributed by atoms with Crippen molar-refractivity contribution in [2.75, 3.05) is 11.9 Å². The van der Waals surface area contributed by atoms with Crippen molar-refractivity contribution in [1.29, 1.82) is 0 Å². The van der Waals surface area contributed by atoms with Crippen molar-refractivity contribution in [3.8, 4) is 22.3 Å². The summed E-state index contributed by atoms with van der Waals surface area (Å²) in [5.74, 6) is 0.433.